The lowest BCUT2D eigenvalue weighted by molar-refractivity contribution is 0.0381. The number of hydrogen-bond donors (Lipinski definition) is 0. The molecule has 0 N–H and O–H groups in total. The predicted octanol–water partition coefficient (Wildman–Crippen LogP) is 3.47. The maximum Gasteiger partial charge on any atom is 0.268 e. The van der Waals surface area contributed by atoms with Gasteiger partial charge in [0.15, 0.2) is 0 Å². The van der Waals surface area contributed by atoms with E-state index in [1.807, 2.05) is 28.2 Å². The zero-order valence-electron chi connectivity index (χ0n) is 12.3. The van der Waals surface area contributed by atoms with Crippen LogP contribution in [0.5, 0.6) is 0 Å². The number of nitrogens with zero attached hydrogens (tertiary/aromatic N) is 2. The Morgan fingerprint density at radius 2 is 1.67 bits per heavy atom. The Morgan fingerprint density at radius 3 is 2.33 bits per heavy atom. The number of fused-ring (bicyclic) bond motifs is 3. The first-order valence-corrected chi connectivity index (χ1v) is 8.95. The minimum Gasteiger partial charge on any atom is -0.296 e. The lowest BCUT2D eigenvalue weighted by atomic mass is 9.84. The number of benzene rings is 1. The fraction of sp³-hybridized carbons (Fsp3) is 0.588. The van der Waals surface area contributed by atoms with Gasteiger partial charge in [0.1, 0.15) is 0 Å². The van der Waals surface area contributed by atoms with Crippen LogP contribution in [0.3, 0.4) is 0 Å². The first-order valence-electron chi connectivity index (χ1n) is 8.17. The fourth-order valence-electron chi connectivity index (χ4n) is 4.16. The quantitative estimate of drug-likeness (QED) is 0.867. The van der Waals surface area contributed by atoms with Gasteiger partial charge < -0.3 is 0 Å². The lowest BCUT2D eigenvalue weighted by Gasteiger charge is -2.46. The molecule has 0 atom stereocenters. The molecule has 3 nitrogen and oxygen atoms in total. The minimum atomic E-state index is 0.192. The number of aromatic nitrogens is 1. The molecule has 0 radical (unpaired) electrons. The fourth-order valence-corrected chi connectivity index (χ4v) is 5.15. The Labute approximate surface area is 129 Å². The topological polar surface area (TPSA) is 25.2 Å². The first-order chi connectivity index (χ1) is 10.3. The number of piperidine rings is 2. The van der Waals surface area contributed by atoms with Crippen LogP contribution in [-0.4, -0.2) is 27.5 Å². The van der Waals surface area contributed by atoms with E-state index in [1.165, 1.54) is 38.5 Å². The summed E-state index contributed by atoms with van der Waals surface area (Å²) in [6, 6.07) is 9.52. The Morgan fingerprint density at radius 1 is 1.00 bits per heavy atom. The second-order valence-electron chi connectivity index (χ2n) is 6.40. The van der Waals surface area contributed by atoms with Gasteiger partial charge in [-0.1, -0.05) is 36.5 Å². The van der Waals surface area contributed by atoms with Crippen molar-refractivity contribution >= 4 is 21.6 Å². The Bertz CT molecular complexity index is 667. The molecule has 2 fully saturated rings. The van der Waals surface area contributed by atoms with Crippen LogP contribution in [0.4, 0.5) is 0 Å². The highest BCUT2D eigenvalue weighted by Crippen LogP contribution is 2.33. The van der Waals surface area contributed by atoms with E-state index < -0.39 is 0 Å². The van der Waals surface area contributed by atoms with Crippen molar-refractivity contribution in [3.05, 3.63) is 34.6 Å². The summed E-state index contributed by atoms with van der Waals surface area (Å²) in [4.78, 5) is 15.1. The molecule has 2 aromatic rings. The van der Waals surface area contributed by atoms with Crippen LogP contribution >= 0.6 is 11.5 Å². The molecule has 112 valence electrons. The largest absolute Gasteiger partial charge is 0.296 e. The van der Waals surface area contributed by atoms with Gasteiger partial charge >= 0.3 is 0 Å². The van der Waals surface area contributed by atoms with E-state index in [1.54, 1.807) is 11.5 Å². The van der Waals surface area contributed by atoms with Crippen LogP contribution in [0, 0.1) is 0 Å². The molecule has 0 spiro atoms. The smallest absolute Gasteiger partial charge is 0.268 e. The van der Waals surface area contributed by atoms with Crippen molar-refractivity contribution in [3.8, 4) is 0 Å². The van der Waals surface area contributed by atoms with Crippen molar-refractivity contribution in [2.45, 2.75) is 57.2 Å². The molecule has 0 amide bonds. The third-order valence-corrected chi connectivity index (χ3v) is 6.32. The summed E-state index contributed by atoms with van der Waals surface area (Å²) >= 11 is 1.62. The van der Waals surface area contributed by atoms with Gasteiger partial charge in [0, 0.05) is 25.2 Å². The van der Waals surface area contributed by atoms with Gasteiger partial charge in [0.05, 0.1) is 10.1 Å². The summed E-state index contributed by atoms with van der Waals surface area (Å²) in [5.74, 6) is 0. The van der Waals surface area contributed by atoms with Crippen molar-refractivity contribution in [1.82, 2.24) is 8.86 Å². The second kappa shape index (κ2) is 5.58. The SMILES string of the molecule is O=c1c2ccccc2sn1CCN1C2CCCC1CCC2. The molecule has 0 aliphatic carbocycles. The normalized spacial score (nSPS) is 26.3. The zero-order chi connectivity index (χ0) is 14.2. The van der Waals surface area contributed by atoms with E-state index >= 15 is 0 Å². The highest BCUT2D eigenvalue weighted by atomic mass is 32.1. The van der Waals surface area contributed by atoms with Crippen LogP contribution in [0.1, 0.15) is 38.5 Å². The van der Waals surface area contributed by atoms with Gasteiger partial charge in [-0.2, -0.15) is 0 Å². The van der Waals surface area contributed by atoms with Crippen LogP contribution in [-0.2, 0) is 6.54 Å². The average Bonchev–Trinajstić information content (AvgIpc) is 2.81. The van der Waals surface area contributed by atoms with E-state index in [0.29, 0.717) is 0 Å². The van der Waals surface area contributed by atoms with Crippen LogP contribution < -0.4 is 5.56 Å². The summed E-state index contributed by atoms with van der Waals surface area (Å²) in [5, 5.41) is 0.876. The van der Waals surface area contributed by atoms with Gasteiger partial charge in [-0.15, -0.1) is 0 Å². The Kier molecular flexibility index (Phi) is 3.59. The monoisotopic (exact) mass is 302 g/mol. The van der Waals surface area contributed by atoms with Crippen LogP contribution in [0.2, 0.25) is 0 Å². The summed E-state index contributed by atoms with van der Waals surface area (Å²) in [5.41, 5.74) is 0.192. The van der Waals surface area contributed by atoms with E-state index in [2.05, 4.69) is 4.90 Å². The van der Waals surface area contributed by atoms with Crippen molar-refractivity contribution in [2.24, 2.45) is 0 Å². The van der Waals surface area contributed by atoms with Gasteiger partial charge in [0.25, 0.3) is 5.56 Å². The lowest BCUT2D eigenvalue weighted by Crippen LogP contribution is -2.50. The summed E-state index contributed by atoms with van der Waals surface area (Å²) in [6.07, 6.45) is 8.23. The molecule has 2 aliphatic heterocycles. The second-order valence-corrected chi connectivity index (χ2v) is 7.47. The molecule has 4 heteroatoms. The summed E-state index contributed by atoms with van der Waals surface area (Å²) < 4.78 is 3.07. The third-order valence-electron chi connectivity index (χ3n) is 5.20. The third kappa shape index (κ3) is 2.44. The van der Waals surface area contributed by atoms with Gasteiger partial charge in [-0.3, -0.25) is 13.7 Å². The highest BCUT2D eigenvalue weighted by Gasteiger charge is 2.33. The van der Waals surface area contributed by atoms with Gasteiger partial charge in [-0.25, -0.2) is 0 Å². The van der Waals surface area contributed by atoms with Crippen molar-refractivity contribution in [2.75, 3.05) is 6.54 Å². The van der Waals surface area contributed by atoms with Crippen molar-refractivity contribution in [3.63, 3.8) is 0 Å². The Balaban J connectivity index is 1.53. The minimum absolute atomic E-state index is 0.192. The molecule has 4 rings (SSSR count). The highest BCUT2D eigenvalue weighted by molar-refractivity contribution is 7.13. The molecule has 0 saturated carbocycles. The van der Waals surface area contributed by atoms with Crippen molar-refractivity contribution < 1.29 is 0 Å². The van der Waals surface area contributed by atoms with Gasteiger partial charge in [0.2, 0.25) is 0 Å². The molecule has 2 aliphatic rings. The molecule has 2 saturated heterocycles. The number of rotatable bonds is 3. The number of hydrogen-bond acceptors (Lipinski definition) is 3. The first kappa shape index (κ1) is 13.5. The molecular formula is C17H22N2OS. The van der Waals surface area contributed by atoms with Crippen LogP contribution in [0.25, 0.3) is 10.1 Å². The molecule has 1 aromatic carbocycles. The molecule has 2 bridgehead atoms. The molecule has 1 aromatic heterocycles. The summed E-state index contributed by atoms with van der Waals surface area (Å²) in [7, 11) is 0. The Hall–Kier alpha value is -1.13. The van der Waals surface area contributed by atoms with E-state index in [-0.39, 0.29) is 5.56 Å². The zero-order valence-corrected chi connectivity index (χ0v) is 13.1. The predicted molar refractivity (Wildman–Crippen MR) is 88.1 cm³/mol. The van der Waals surface area contributed by atoms with E-state index in [9.17, 15) is 4.79 Å². The van der Waals surface area contributed by atoms with Crippen molar-refractivity contribution in [1.29, 1.82) is 0 Å². The maximum atomic E-state index is 12.4. The molecular weight excluding hydrogens is 280 g/mol. The summed E-state index contributed by atoms with van der Waals surface area (Å²) in [6.45, 7) is 1.90. The molecule has 0 unspecified atom stereocenters. The van der Waals surface area contributed by atoms with E-state index in [4.69, 9.17) is 0 Å². The van der Waals surface area contributed by atoms with Crippen LogP contribution in [0.15, 0.2) is 29.1 Å². The maximum absolute atomic E-state index is 12.4. The molecule has 21 heavy (non-hydrogen) atoms. The van der Waals surface area contributed by atoms with E-state index in [0.717, 1.165) is 35.3 Å². The molecule has 3 heterocycles. The van der Waals surface area contributed by atoms with Gasteiger partial charge in [-0.05, 0) is 37.8 Å². The average molecular weight is 302 g/mol. The standard InChI is InChI=1S/C17H22N2OS/c20-17-15-9-1-2-10-16(15)21-19(17)12-11-18-13-5-3-6-14(18)8-4-7-13/h1-2,9-10,13-14H,3-8,11-12H2.